The van der Waals surface area contributed by atoms with Crippen molar-refractivity contribution in [3.05, 3.63) is 103 Å². The highest BCUT2D eigenvalue weighted by Crippen LogP contribution is 2.35. The number of benzene rings is 1. The Morgan fingerprint density at radius 1 is 0.833 bits per heavy atom. The Morgan fingerprint density at radius 2 is 1.61 bits per heavy atom. The number of aryl methyl sites for hydroxylation is 1. The van der Waals surface area contributed by atoms with Gasteiger partial charge in [-0.3, -0.25) is 14.8 Å². The third-order valence-corrected chi connectivity index (χ3v) is 6.80. The fourth-order valence-electron chi connectivity index (χ4n) is 4.63. The number of fused-ring (bicyclic) bond motifs is 1. The largest absolute Gasteiger partial charge is 0.305 e. The molecule has 0 saturated carbocycles. The molecule has 0 bridgehead atoms. The van der Waals surface area contributed by atoms with Crippen molar-refractivity contribution in [3.8, 4) is 39.6 Å². The lowest BCUT2D eigenvalue weighted by atomic mass is 9.75. The van der Waals surface area contributed by atoms with Crippen molar-refractivity contribution in [3.63, 3.8) is 0 Å². The number of nitrogens with zero attached hydrogens (tertiary/aromatic N) is 5. The van der Waals surface area contributed by atoms with Gasteiger partial charge in [-0.1, -0.05) is 44.2 Å². The molecule has 4 aromatic heterocycles. The average molecular weight is 472 g/mol. The number of pyridine rings is 3. The fraction of sp³-hybridized carbons (Fsp3) is 0.167. The minimum atomic E-state index is -0.332. The molecule has 0 N–H and O–H groups in total. The lowest BCUT2D eigenvalue weighted by Crippen LogP contribution is -2.31. The van der Waals surface area contributed by atoms with Crippen LogP contribution >= 0.6 is 0 Å². The van der Waals surface area contributed by atoms with Gasteiger partial charge in [-0.15, -0.1) is 0 Å². The molecule has 5 aromatic rings. The third kappa shape index (κ3) is 4.01. The van der Waals surface area contributed by atoms with Crippen molar-refractivity contribution < 1.29 is 4.79 Å². The van der Waals surface area contributed by atoms with E-state index < -0.39 is 0 Å². The zero-order chi connectivity index (χ0) is 24.7. The predicted octanol–water partition coefficient (Wildman–Crippen LogP) is 6.21. The summed E-state index contributed by atoms with van der Waals surface area (Å²) in [6, 6.07) is 21.9. The topological polar surface area (TPSA) is 73.6 Å². The van der Waals surface area contributed by atoms with E-state index in [0.29, 0.717) is 0 Å². The maximum atomic E-state index is 12.8. The SMILES string of the molecule is CC1(C)CCc2nc(-c3cn(-c4cc(-c5ccccc5)nc(-c5cccnc5)c4)cn3)ccc2C1=O. The summed E-state index contributed by atoms with van der Waals surface area (Å²) in [6.07, 6.45) is 8.94. The number of carbonyl (C=O) groups excluding carboxylic acids is 1. The summed E-state index contributed by atoms with van der Waals surface area (Å²) >= 11 is 0. The van der Waals surface area contributed by atoms with Crippen LogP contribution in [0.4, 0.5) is 0 Å². The Bertz CT molecular complexity index is 1510. The standard InChI is InChI=1S/C30H25N5O/c1-30(2)13-12-24-23(29(30)36)10-11-25(33-24)28-18-35(19-32-28)22-15-26(20-7-4-3-5-8-20)34-27(16-22)21-9-6-14-31-17-21/h3-11,14-19H,12-13H2,1-2H3. The average Bonchev–Trinajstić information content (AvgIpc) is 3.42. The van der Waals surface area contributed by atoms with E-state index in [2.05, 4.69) is 28.2 Å². The molecule has 6 nitrogen and oxygen atoms in total. The molecule has 0 amide bonds. The van der Waals surface area contributed by atoms with Gasteiger partial charge in [0.15, 0.2) is 5.78 Å². The monoisotopic (exact) mass is 471 g/mol. The number of hydrogen-bond acceptors (Lipinski definition) is 5. The molecule has 0 saturated heterocycles. The first-order chi connectivity index (χ1) is 17.5. The number of imidazole rings is 1. The highest BCUT2D eigenvalue weighted by atomic mass is 16.1. The number of Topliss-reactive ketones (excluding diaryl/α,β-unsaturated/α-hetero) is 1. The smallest absolute Gasteiger partial charge is 0.170 e. The number of hydrogen-bond donors (Lipinski definition) is 0. The molecule has 0 radical (unpaired) electrons. The lowest BCUT2D eigenvalue weighted by Gasteiger charge is -2.28. The molecule has 1 aromatic carbocycles. The minimum absolute atomic E-state index is 0.168. The molecule has 4 heterocycles. The molecule has 6 rings (SSSR count). The Balaban J connectivity index is 1.40. The van der Waals surface area contributed by atoms with E-state index in [1.165, 1.54) is 0 Å². The molecule has 1 aliphatic carbocycles. The maximum Gasteiger partial charge on any atom is 0.170 e. The van der Waals surface area contributed by atoms with Gasteiger partial charge in [0.25, 0.3) is 0 Å². The van der Waals surface area contributed by atoms with Crippen LogP contribution in [-0.4, -0.2) is 30.3 Å². The first-order valence-electron chi connectivity index (χ1n) is 12.1. The first kappa shape index (κ1) is 22.0. The van der Waals surface area contributed by atoms with E-state index in [0.717, 1.165) is 63.7 Å². The second-order valence-corrected chi connectivity index (χ2v) is 9.77. The van der Waals surface area contributed by atoms with E-state index in [-0.39, 0.29) is 11.2 Å². The van der Waals surface area contributed by atoms with Gasteiger partial charge in [0.05, 0.1) is 34.8 Å². The van der Waals surface area contributed by atoms with Crippen LogP contribution < -0.4 is 0 Å². The summed E-state index contributed by atoms with van der Waals surface area (Å²) in [5.41, 5.74) is 7.42. The van der Waals surface area contributed by atoms with Gasteiger partial charge in [-0.25, -0.2) is 9.97 Å². The minimum Gasteiger partial charge on any atom is -0.305 e. The van der Waals surface area contributed by atoms with Gasteiger partial charge in [0, 0.05) is 40.7 Å². The van der Waals surface area contributed by atoms with Gasteiger partial charge in [-0.2, -0.15) is 0 Å². The molecule has 6 heteroatoms. The zero-order valence-electron chi connectivity index (χ0n) is 20.2. The van der Waals surface area contributed by atoms with Crippen molar-refractivity contribution >= 4 is 5.78 Å². The molecule has 36 heavy (non-hydrogen) atoms. The van der Waals surface area contributed by atoms with Crippen molar-refractivity contribution in [2.75, 3.05) is 0 Å². The normalized spacial score (nSPS) is 14.4. The summed E-state index contributed by atoms with van der Waals surface area (Å²) in [6.45, 7) is 4.01. The van der Waals surface area contributed by atoms with E-state index >= 15 is 0 Å². The first-order valence-corrected chi connectivity index (χ1v) is 12.1. The van der Waals surface area contributed by atoms with Crippen LogP contribution in [0.5, 0.6) is 0 Å². The van der Waals surface area contributed by atoms with Crippen molar-refractivity contribution in [2.45, 2.75) is 26.7 Å². The van der Waals surface area contributed by atoms with Crippen molar-refractivity contribution in [1.29, 1.82) is 0 Å². The van der Waals surface area contributed by atoms with E-state index in [1.807, 2.05) is 79.3 Å². The Hall–Kier alpha value is -4.45. The maximum absolute atomic E-state index is 12.8. The predicted molar refractivity (Wildman–Crippen MR) is 140 cm³/mol. The Labute approximate surface area is 209 Å². The van der Waals surface area contributed by atoms with Crippen LogP contribution in [0.25, 0.3) is 39.6 Å². The Kier molecular flexibility index (Phi) is 5.29. The van der Waals surface area contributed by atoms with Gasteiger partial charge >= 0.3 is 0 Å². The third-order valence-electron chi connectivity index (χ3n) is 6.80. The number of rotatable bonds is 4. The molecule has 0 aliphatic heterocycles. The zero-order valence-corrected chi connectivity index (χ0v) is 20.2. The highest BCUT2D eigenvalue weighted by Gasteiger charge is 2.35. The number of ketones is 1. The lowest BCUT2D eigenvalue weighted by molar-refractivity contribution is 0.0809. The molecule has 176 valence electrons. The van der Waals surface area contributed by atoms with E-state index in [4.69, 9.17) is 9.97 Å². The van der Waals surface area contributed by atoms with Gasteiger partial charge < -0.3 is 4.57 Å². The van der Waals surface area contributed by atoms with Crippen LogP contribution in [0.1, 0.15) is 36.3 Å². The molecule has 0 spiro atoms. The summed E-state index contributed by atoms with van der Waals surface area (Å²) in [4.78, 5) is 31.5. The molecular weight excluding hydrogens is 446 g/mol. The summed E-state index contributed by atoms with van der Waals surface area (Å²) in [5, 5.41) is 0. The molecule has 0 fully saturated rings. The van der Waals surface area contributed by atoms with Crippen LogP contribution in [0.3, 0.4) is 0 Å². The Morgan fingerprint density at radius 3 is 2.39 bits per heavy atom. The van der Waals surface area contributed by atoms with Crippen LogP contribution in [-0.2, 0) is 6.42 Å². The van der Waals surface area contributed by atoms with Crippen LogP contribution in [0, 0.1) is 5.41 Å². The second kappa shape index (κ2) is 8.64. The fourth-order valence-corrected chi connectivity index (χ4v) is 4.63. The summed E-state index contributed by atoms with van der Waals surface area (Å²) in [7, 11) is 0. The van der Waals surface area contributed by atoms with Gasteiger partial charge in [-0.05, 0) is 49.2 Å². The highest BCUT2D eigenvalue weighted by molar-refractivity contribution is 6.02. The quantitative estimate of drug-likeness (QED) is 0.311. The van der Waals surface area contributed by atoms with Crippen LogP contribution in [0.15, 0.2) is 91.6 Å². The van der Waals surface area contributed by atoms with E-state index in [9.17, 15) is 4.79 Å². The van der Waals surface area contributed by atoms with Gasteiger partial charge in [0.2, 0.25) is 0 Å². The van der Waals surface area contributed by atoms with E-state index in [1.54, 1.807) is 12.5 Å². The molecular formula is C30H25N5O. The number of aromatic nitrogens is 5. The molecule has 0 atom stereocenters. The van der Waals surface area contributed by atoms with Gasteiger partial charge in [0.1, 0.15) is 5.69 Å². The van der Waals surface area contributed by atoms with Crippen molar-refractivity contribution in [1.82, 2.24) is 24.5 Å². The summed E-state index contributed by atoms with van der Waals surface area (Å²) < 4.78 is 1.98. The van der Waals surface area contributed by atoms with Crippen LogP contribution in [0.2, 0.25) is 0 Å². The number of carbonyl (C=O) groups is 1. The molecule has 0 unspecified atom stereocenters. The summed E-state index contributed by atoms with van der Waals surface area (Å²) in [5.74, 6) is 0.168. The molecule has 1 aliphatic rings. The van der Waals surface area contributed by atoms with Crippen molar-refractivity contribution in [2.24, 2.45) is 5.41 Å². The second-order valence-electron chi connectivity index (χ2n) is 9.77.